The van der Waals surface area contributed by atoms with Crippen molar-refractivity contribution in [3.63, 3.8) is 0 Å². The predicted molar refractivity (Wildman–Crippen MR) is 54.3 cm³/mol. The lowest BCUT2D eigenvalue weighted by atomic mass is 9.90. The Bertz CT molecular complexity index is 551. The molecule has 62 valence electrons. The molecule has 0 spiro atoms. The summed E-state index contributed by atoms with van der Waals surface area (Å²) in [6.07, 6.45) is 0. The van der Waals surface area contributed by atoms with Crippen LogP contribution in [0, 0.1) is 17.4 Å². The molecule has 0 saturated heterocycles. The van der Waals surface area contributed by atoms with E-state index in [0.29, 0.717) is 0 Å². The van der Waals surface area contributed by atoms with Crippen LogP contribution < -0.4 is 0 Å². The lowest BCUT2D eigenvalue weighted by Gasteiger charge is -2.14. The Morgan fingerprint density at radius 1 is 0.846 bits per heavy atom. The van der Waals surface area contributed by atoms with Crippen molar-refractivity contribution in [3.8, 4) is 11.1 Å². The van der Waals surface area contributed by atoms with Crippen LogP contribution in [0.3, 0.4) is 0 Å². The fraction of sp³-hybridized carbons (Fsp3) is 0.0769. The first-order chi connectivity index (χ1) is 6.36. The quantitative estimate of drug-likeness (QED) is 0.520. The Labute approximate surface area is 77.2 Å². The van der Waals surface area contributed by atoms with Crippen LogP contribution in [-0.4, -0.2) is 0 Å². The van der Waals surface area contributed by atoms with Crippen molar-refractivity contribution in [1.82, 2.24) is 0 Å². The molecular formula is C13H10. The smallest absolute Gasteiger partial charge is 0.00989 e. The second-order valence-electron chi connectivity index (χ2n) is 3.58. The van der Waals surface area contributed by atoms with E-state index >= 15 is 0 Å². The standard InChI is InChI=1S/C13H10/c1-9-7-13-11(9)8-12(13)10-5-3-2-4-6-10/h2-8H,1H3. The third-order valence-corrected chi connectivity index (χ3v) is 2.74. The molecule has 13 heavy (non-hydrogen) atoms. The zero-order valence-corrected chi connectivity index (χ0v) is 7.54. The molecule has 0 atom stereocenters. The molecule has 0 unspecified atom stereocenters. The molecular weight excluding hydrogens is 156 g/mol. The zero-order chi connectivity index (χ0) is 8.84. The third kappa shape index (κ3) is 0.803. The average Bonchev–Trinajstić information content (AvgIpc) is 2.16. The molecule has 0 bridgehead atoms. The molecule has 0 saturated carbocycles. The van der Waals surface area contributed by atoms with Crippen molar-refractivity contribution in [1.29, 1.82) is 0 Å². The molecule has 2 aliphatic rings. The van der Waals surface area contributed by atoms with Gasteiger partial charge < -0.3 is 0 Å². The molecule has 0 radical (unpaired) electrons. The Hall–Kier alpha value is -1.56. The van der Waals surface area contributed by atoms with Gasteiger partial charge in [-0.3, -0.25) is 0 Å². The van der Waals surface area contributed by atoms with Gasteiger partial charge in [0.2, 0.25) is 0 Å². The second kappa shape index (κ2) is 2.23. The minimum absolute atomic E-state index is 1.34. The first kappa shape index (κ1) is 6.90. The Morgan fingerprint density at radius 2 is 1.62 bits per heavy atom. The summed E-state index contributed by atoms with van der Waals surface area (Å²) in [6.45, 7) is 2.16. The van der Waals surface area contributed by atoms with Gasteiger partial charge in [0, 0.05) is 0 Å². The molecule has 0 heteroatoms. The number of aryl methyl sites for hydroxylation is 1. The molecule has 2 aliphatic carbocycles. The van der Waals surface area contributed by atoms with Crippen molar-refractivity contribution in [2.45, 2.75) is 6.92 Å². The lowest BCUT2D eigenvalue weighted by molar-refractivity contribution is 1.26. The molecule has 0 amide bonds. The fourth-order valence-corrected chi connectivity index (χ4v) is 1.92. The van der Waals surface area contributed by atoms with E-state index in [2.05, 4.69) is 49.4 Å². The van der Waals surface area contributed by atoms with E-state index in [1.807, 2.05) is 0 Å². The zero-order valence-electron chi connectivity index (χ0n) is 7.54. The van der Waals surface area contributed by atoms with E-state index < -0.39 is 0 Å². The van der Waals surface area contributed by atoms with E-state index in [4.69, 9.17) is 0 Å². The Balaban J connectivity index is 2.17. The van der Waals surface area contributed by atoms with Gasteiger partial charge in [-0.1, -0.05) is 36.4 Å². The summed E-state index contributed by atoms with van der Waals surface area (Å²) < 4.78 is 0. The van der Waals surface area contributed by atoms with Crippen LogP contribution in [0.1, 0.15) is 5.56 Å². The first-order valence-corrected chi connectivity index (χ1v) is 4.57. The fourth-order valence-electron chi connectivity index (χ4n) is 1.92. The van der Waals surface area contributed by atoms with Crippen LogP contribution >= 0.6 is 0 Å². The molecule has 1 aromatic carbocycles. The largest absolute Gasteiger partial charge is 0.0622 e. The van der Waals surface area contributed by atoms with Gasteiger partial charge in [-0.05, 0) is 40.1 Å². The van der Waals surface area contributed by atoms with Crippen LogP contribution in [0.15, 0.2) is 42.5 Å². The van der Waals surface area contributed by atoms with Gasteiger partial charge in [-0.25, -0.2) is 0 Å². The first-order valence-electron chi connectivity index (χ1n) is 4.57. The predicted octanol–water partition coefficient (Wildman–Crippen LogP) is 3.26. The summed E-state index contributed by atoms with van der Waals surface area (Å²) in [6, 6.07) is 15.1. The van der Waals surface area contributed by atoms with Crippen molar-refractivity contribution in [3.05, 3.63) is 58.5 Å². The highest BCUT2D eigenvalue weighted by atomic mass is 14.1. The monoisotopic (exact) mass is 166 g/mol. The molecule has 0 N–H and O–H groups in total. The second-order valence-corrected chi connectivity index (χ2v) is 3.58. The number of rotatable bonds is 1. The van der Waals surface area contributed by atoms with E-state index in [0.717, 1.165) is 0 Å². The van der Waals surface area contributed by atoms with Gasteiger partial charge in [0.25, 0.3) is 0 Å². The maximum absolute atomic E-state index is 2.28. The number of hydrogen-bond donors (Lipinski definition) is 0. The summed E-state index contributed by atoms with van der Waals surface area (Å²) in [5, 5.41) is 2.91. The highest BCUT2D eigenvalue weighted by Gasteiger charge is 2.10. The van der Waals surface area contributed by atoms with Crippen LogP contribution in [-0.2, 0) is 0 Å². The molecule has 0 fully saturated rings. The normalized spacial score (nSPS) is 11.5. The topological polar surface area (TPSA) is 0 Å². The summed E-state index contributed by atoms with van der Waals surface area (Å²) in [7, 11) is 0. The van der Waals surface area contributed by atoms with Crippen molar-refractivity contribution in [2.24, 2.45) is 0 Å². The van der Waals surface area contributed by atoms with Crippen LogP contribution in [0.4, 0.5) is 0 Å². The van der Waals surface area contributed by atoms with Gasteiger partial charge in [-0.15, -0.1) is 0 Å². The maximum Gasteiger partial charge on any atom is -0.00989 e. The van der Waals surface area contributed by atoms with Crippen LogP contribution in [0.5, 0.6) is 0 Å². The molecule has 3 rings (SSSR count). The van der Waals surface area contributed by atoms with Crippen molar-refractivity contribution >= 4 is 0 Å². The van der Waals surface area contributed by atoms with Gasteiger partial charge in [0.15, 0.2) is 0 Å². The van der Waals surface area contributed by atoms with E-state index in [1.54, 1.807) is 0 Å². The molecule has 1 aromatic rings. The number of benzene rings is 2. The Kier molecular flexibility index (Phi) is 1.18. The minimum atomic E-state index is 1.34. The van der Waals surface area contributed by atoms with Crippen molar-refractivity contribution < 1.29 is 0 Å². The molecule has 0 heterocycles. The number of hydrogen-bond acceptors (Lipinski definition) is 0. The lowest BCUT2D eigenvalue weighted by Crippen LogP contribution is -1.96. The van der Waals surface area contributed by atoms with E-state index in [-0.39, 0.29) is 0 Å². The summed E-state index contributed by atoms with van der Waals surface area (Å²) in [5.41, 5.74) is 4.17. The van der Waals surface area contributed by atoms with Crippen LogP contribution in [0.25, 0.3) is 11.1 Å². The maximum atomic E-state index is 2.28. The minimum Gasteiger partial charge on any atom is -0.0622 e. The van der Waals surface area contributed by atoms with Gasteiger partial charge >= 0.3 is 0 Å². The highest BCUT2D eigenvalue weighted by Crippen LogP contribution is 2.29. The molecule has 0 aliphatic heterocycles. The van der Waals surface area contributed by atoms with E-state index in [9.17, 15) is 0 Å². The molecule has 0 nitrogen and oxygen atoms in total. The van der Waals surface area contributed by atoms with Gasteiger partial charge in [0.1, 0.15) is 0 Å². The summed E-state index contributed by atoms with van der Waals surface area (Å²) in [4.78, 5) is 0. The van der Waals surface area contributed by atoms with Gasteiger partial charge in [-0.2, -0.15) is 0 Å². The molecule has 0 aromatic heterocycles. The third-order valence-electron chi connectivity index (χ3n) is 2.74. The van der Waals surface area contributed by atoms with Gasteiger partial charge in [0.05, 0.1) is 0 Å². The summed E-state index contributed by atoms with van der Waals surface area (Å²) >= 11 is 0. The van der Waals surface area contributed by atoms with E-state index in [1.165, 1.54) is 27.1 Å². The highest BCUT2D eigenvalue weighted by molar-refractivity contribution is 5.69. The van der Waals surface area contributed by atoms with Crippen molar-refractivity contribution in [2.75, 3.05) is 0 Å². The summed E-state index contributed by atoms with van der Waals surface area (Å²) in [5.74, 6) is 0. The Morgan fingerprint density at radius 3 is 2.15 bits per heavy atom. The van der Waals surface area contributed by atoms with Crippen LogP contribution in [0.2, 0.25) is 0 Å². The SMILES string of the molecule is Cc1cc2c(-c3ccccc3)cc1=2. The average molecular weight is 166 g/mol.